The van der Waals surface area contributed by atoms with Crippen molar-refractivity contribution in [2.75, 3.05) is 0 Å². The number of ether oxygens (including phenoxy) is 1. The van der Waals surface area contributed by atoms with Gasteiger partial charge in [-0.3, -0.25) is 15.2 Å². The van der Waals surface area contributed by atoms with E-state index < -0.39 is 36.6 Å². The highest BCUT2D eigenvalue weighted by molar-refractivity contribution is 5.93. The Morgan fingerprint density at radius 2 is 1.85 bits per heavy atom. The number of hydrazine groups is 1. The molecule has 1 saturated heterocycles. The predicted octanol–water partition coefficient (Wildman–Crippen LogP) is -1.86. The minimum Gasteiger partial charge on any atom is -0.388 e. The lowest BCUT2D eigenvalue weighted by molar-refractivity contribution is -0.226. The molecule has 1 aromatic heterocycles. The van der Waals surface area contributed by atoms with Crippen LogP contribution in [0.25, 0.3) is 0 Å². The molecule has 1 fully saturated rings. The maximum absolute atomic E-state index is 11.8. The van der Waals surface area contributed by atoms with E-state index in [1.807, 2.05) is 0 Å². The third-order valence-electron chi connectivity index (χ3n) is 3.12. The molecule has 1 aromatic rings. The minimum atomic E-state index is -1.36. The number of rotatable bonds is 3. The molecule has 0 aromatic carbocycles. The first kappa shape index (κ1) is 14.8. The summed E-state index contributed by atoms with van der Waals surface area (Å²) in [7, 11) is 0. The summed E-state index contributed by atoms with van der Waals surface area (Å²) in [6.07, 6.45) is -2.64. The number of aliphatic hydroxyl groups is 3. The van der Waals surface area contributed by atoms with Crippen LogP contribution in [0.2, 0.25) is 0 Å². The summed E-state index contributed by atoms with van der Waals surface area (Å²) in [5, 5.41) is 28.9. The maximum Gasteiger partial charge on any atom is 0.265 e. The molecule has 1 amide bonds. The number of carbonyl (C=O) groups is 1. The van der Waals surface area contributed by atoms with Gasteiger partial charge in [-0.25, -0.2) is 5.43 Å². The van der Waals surface area contributed by atoms with Crippen LogP contribution >= 0.6 is 0 Å². The van der Waals surface area contributed by atoms with Crippen molar-refractivity contribution in [1.29, 1.82) is 0 Å². The number of nitrogens with one attached hydrogen (secondary N) is 2. The van der Waals surface area contributed by atoms with E-state index in [9.17, 15) is 20.1 Å². The van der Waals surface area contributed by atoms with Gasteiger partial charge >= 0.3 is 0 Å². The van der Waals surface area contributed by atoms with E-state index in [1.165, 1.54) is 24.5 Å². The largest absolute Gasteiger partial charge is 0.388 e. The van der Waals surface area contributed by atoms with Crippen molar-refractivity contribution in [3.05, 3.63) is 30.1 Å². The third kappa shape index (κ3) is 3.11. The predicted molar refractivity (Wildman–Crippen MR) is 67.2 cm³/mol. The summed E-state index contributed by atoms with van der Waals surface area (Å²) in [6, 6.07) is 3.05. The average Bonchev–Trinajstić information content (AvgIpc) is 2.48. The van der Waals surface area contributed by atoms with Gasteiger partial charge in [-0.05, 0) is 19.1 Å². The van der Waals surface area contributed by atoms with E-state index in [0.717, 1.165) is 0 Å². The molecule has 0 bridgehead atoms. The normalized spacial score (nSPS) is 33.7. The summed E-state index contributed by atoms with van der Waals surface area (Å²) < 4.78 is 5.27. The zero-order valence-electron chi connectivity index (χ0n) is 10.8. The second-order valence-corrected chi connectivity index (χ2v) is 4.57. The van der Waals surface area contributed by atoms with Crippen LogP contribution < -0.4 is 10.9 Å². The number of carbonyl (C=O) groups excluding carboxylic acids is 1. The molecule has 1 aliphatic rings. The van der Waals surface area contributed by atoms with Crippen LogP contribution in [0, 0.1) is 0 Å². The number of aromatic nitrogens is 1. The van der Waals surface area contributed by atoms with Crippen molar-refractivity contribution < 1.29 is 24.9 Å². The number of hydrogen-bond acceptors (Lipinski definition) is 7. The quantitative estimate of drug-likeness (QED) is 0.412. The fourth-order valence-electron chi connectivity index (χ4n) is 1.88. The fourth-order valence-corrected chi connectivity index (χ4v) is 1.88. The van der Waals surface area contributed by atoms with Gasteiger partial charge in [-0.1, -0.05) is 0 Å². The monoisotopic (exact) mass is 283 g/mol. The lowest BCUT2D eigenvalue weighted by Crippen LogP contribution is -2.63. The Morgan fingerprint density at radius 1 is 1.20 bits per heavy atom. The molecule has 0 spiro atoms. The molecule has 2 heterocycles. The smallest absolute Gasteiger partial charge is 0.265 e. The molecule has 5 N–H and O–H groups in total. The number of hydrogen-bond donors (Lipinski definition) is 5. The van der Waals surface area contributed by atoms with Crippen molar-refractivity contribution >= 4 is 5.91 Å². The maximum atomic E-state index is 11.8. The first-order chi connectivity index (χ1) is 9.50. The molecule has 8 nitrogen and oxygen atoms in total. The third-order valence-corrected chi connectivity index (χ3v) is 3.12. The first-order valence-corrected chi connectivity index (χ1v) is 6.16. The molecule has 20 heavy (non-hydrogen) atoms. The lowest BCUT2D eigenvalue weighted by atomic mass is 9.99. The highest BCUT2D eigenvalue weighted by Gasteiger charge is 2.41. The summed E-state index contributed by atoms with van der Waals surface area (Å²) in [4.78, 5) is 15.6. The Morgan fingerprint density at radius 3 is 2.50 bits per heavy atom. The van der Waals surface area contributed by atoms with Crippen LogP contribution in [-0.4, -0.2) is 56.9 Å². The van der Waals surface area contributed by atoms with Crippen molar-refractivity contribution in [3.63, 3.8) is 0 Å². The van der Waals surface area contributed by atoms with E-state index in [1.54, 1.807) is 6.92 Å². The van der Waals surface area contributed by atoms with E-state index >= 15 is 0 Å². The van der Waals surface area contributed by atoms with Crippen LogP contribution in [0.3, 0.4) is 0 Å². The Hall–Kier alpha value is -1.58. The van der Waals surface area contributed by atoms with Gasteiger partial charge in [-0.2, -0.15) is 0 Å². The standard InChI is InChI=1S/C12H17N3O5/c1-6-8(16)9(17)10(18)12(20-6)15-14-11(19)7-2-4-13-5-3-7/h2-6,8-10,12,15-18H,1H3,(H,14,19)/t6-,8+,9+,10+,12-/m1/s1. The topological polar surface area (TPSA) is 124 Å². The van der Waals surface area contributed by atoms with E-state index in [2.05, 4.69) is 15.8 Å². The highest BCUT2D eigenvalue weighted by atomic mass is 16.5. The van der Waals surface area contributed by atoms with E-state index in [-0.39, 0.29) is 0 Å². The molecule has 0 saturated carbocycles. The molecule has 8 heteroatoms. The van der Waals surface area contributed by atoms with Crippen molar-refractivity contribution in [2.45, 2.75) is 37.6 Å². The number of nitrogens with zero attached hydrogens (tertiary/aromatic N) is 1. The molecule has 0 aliphatic carbocycles. The van der Waals surface area contributed by atoms with Crippen LogP contribution in [-0.2, 0) is 4.74 Å². The van der Waals surface area contributed by atoms with E-state index in [0.29, 0.717) is 5.56 Å². The molecular weight excluding hydrogens is 266 g/mol. The van der Waals surface area contributed by atoms with Crippen LogP contribution in [0.5, 0.6) is 0 Å². The zero-order chi connectivity index (χ0) is 14.7. The van der Waals surface area contributed by atoms with Crippen molar-refractivity contribution in [1.82, 2.24) is 15.8 Å². The van der Waals surface area contributed by atoms with Gasteiger partial charge in [-0.15, -0.1) is 0 Å². The molecule has 0 unspecified atom stereocenters. The Balaban J connectivity index is 1.92. The van der Waals surface area contributed by atoms with Gasteiger partial charge in [0.15, 0.2) is 6.23 Å². The van der Waals surface area contributed by atoms with Gasteiger partial charge in [0.05, 0.1) is 6.10 Å². The average molecular weight is 283 g/mol. The molecule has 1 aliphatic heterocycles. The summed E-state index contributed by atoms with van der Waals surface area (Å²) in [5.41, 5.74) is 5.23. The van der Waals surface area contributed by atoms with Gasteiger partial charge < -0.3 is 20.1 Å². The fraction of sp³-hybridized carbons (Fsp3) is 0.500. The van der Waals surface area contributed by atoms with Gasteiger partial charge in [0.1, 0.15) is 18.3 Å². The number of aliphatic hydroxyl groups excluding tert-OH is 3. The zero-order valence-corrected chi connectivity index (χ0v) is 10.8. The van der Waals surface area contributed by atoms with Crippen LogP contribution in [0.4, 0.5) is 0 Å². The Kier molecular flexibility index (Phi) is 4.63. The van der Waals surface area contributed by atoms with E-state index in [4.69, 9.17) is 4.74 Å². The van der Waals surface area contributed by atoms with Crippen LogP contribution in [0.1, 0.15) is 17.3 Å². The number of pyridine rings is 1. The minimum absolute atomic E-state index is 0.381. The van der Waals surface area contributed by atoms with Crippen molar-refractivity contribution in [2.24, 2.45) is 0 Å². The lowest BCUT2D eigenvalue weighted by Gasteiger charge is -2.39. The summed E-state index contributed by atoms with van der Waals surface area (Å²) >= 11 is 0. The highest BCUT2D eigenvalue weighted by Crippen LogP contribution is 2.18. The van der Waals surface area contributed by atoms with Crippen molar-refractivity contribution in [3.8, 4) is 0 Å². The second-order valence-electron chi connectivity index (χ2n) is 4.57. The summed E-state index contributed by atoms with van der Waals surface area (Å²) in [6.45, 7) is 1.55. The number of amides is 1. The Labute approximate surface area is 115 Å². The van der Waals surface area contributed by atoms with Gasteiger partial charge in [0.2, 0.25) is 0 Å². The molecule has 0 radical (unpaired) electrons. The molecule has 2 rings (SSSR count). The first-order valence-electron chi connectivity index (χ1n) is 6.16. The Bertz CT molecular complexity index is 458. The molecular formula is C12H17N3O5. The SMILES string of the molecule is C[C@H]1O[C@@H](NNC(=O)c2ccncc2)[C@@H](O)[C@@H](O)[C@H]1O. The molecule has 110 valence electrons. The molecule has 5 atom stereocenters. The van der Waals surface area contributed by atoms with Gasteiger partial charge in [0, 0.05) is 18.0 Å². The van der Waals surface area contributed by atoms with Gasteiger partial charge in [0.25, 0.3) is 5.91 Å². The second kappa shape index (κ2) is 6.25. The van der Waals surface area contributed by atoms with Crippen LogP contribution in [0.15, 0.2) is 24.5 Å². The summed E-state index contributed by atoms with van der Waals surface area (Å²) in [5.74, 6) is -0.434.